The Morgan fingerprint density at radius 1 is 1.03 bits per heavy atom. The van der Waals surface area contributed by atoms with Crippen LogP contribution in [0.25, 0.3) is 11.1 Å². The number of rotatable bonds is 9. The molecule has 3 rings (SSSR count). The van der Waals surface area contributed by atoms with Crippen molar-refractivity contribution in [2.45, 2.75) is 35.1 Å². The summed E-state index contributed by atoms with van der Waals surface area (Å²) < 4.78 is 26.0. The average molecular weight is 490 g/mol. The number of carbonyl (C=O) groups is 1. The van der Waals surface area contributed by atoms with Gasteiger partial charge in [0.25, 0.3) is 5.52 Å². The van der Waals surface area contributed by atoms with Crippen molar-refractivity contribution in [3.05, 3.63) is 83.7 Å². The molecule has 0 spiro atoms. The van der Waals surface area contributed by atoms with Crippen molar-refractivity contribution >= 4 is 24.9 Å². The van der Waals surface area contributed by atoms with Gasteiger partial charge in [0.1, 0.15) is 11.4 Å². The summed E-state index contributed by atoms with van der Waals surface area (Å²) in [5.74, 6) is -0.353. The van der Waals surface area contributed by atoms with E-state index in [2.05, 4.69) is 0 Å². The summed E-state index contributed by atoms with van der Waals surface area (Å²) in [4.78, 5) is 31.9. The Morgan fingerprint density at radius 2 is 1.64 bits per heavy atom. The van der Waals surface area contributed by atoms with Gasteiger partial charge in [-0.15, -0.1) is 0 Å². The summed E-state index contributed by atoms with van der Waals surface area (Å²) in [7, 11) is -5.07. The first-order valence-corrected chi connectivity index (χ1v) is 12.6. The third kappa shape index (κ3) is 6.38. The maximum absolute atomic E-state index is 14.8. The maximum atomic E-state index is 14.8. The number of halogens is 1. The fourth-order valence-electron chi connectivity index (χ4n) is 3.30. The molecule has 0 amide bonds. The van der Waals surface area contributed by atoms with E-state index in [0.717, 1.165) is 20.9 Å². The predicted molar refractivity (Wildman–Crippen MR) is 127 cm³/mol. The third-order valence-electron chi connectivity index (χ3n) is 5.29. The van der Waals surface area contributed by atoms with Crippen LogP contribution in [0.5, 0.6) is 0 Å². The lowest BCUT2D eigenvalue weighted by atomic mass is 9.93. The molecule has 3 aromatic carbocycles. The molecule has 0 aliphatic carbocycles. The standard InChI is InChI=1S/C24H25FNO5PS/c1-16-2-8-19(9-3-16)33-20-10-11-21(22(25)14-20)18-6-4-17(5-7-18)12-13-24(26,15-27)23(28)32(29,30)31/h2-11,14,27H,12-13,15,26H2,1H3,(H2,29,30,31). The molecule has 0 fully saturated rings. The Bertz CT molecular complexity index is 1180. The lowest BCUT2D eigenvalue weighted by Gasteiger charge is -2.25. The molecule has 33 heavy (non-hydrogen) atoms. The summed E-state index contributed by atoms with van der Waals surface area (Å²) >= 11 is 1.48. The van der Waals surface area contributed by atoms with Crippen LogP contribution in [-0.2, 0) is 15.8 Å². The molecule has 6 nitrogen and oxygen atoms in total. The Kier molecular flexibility index (Phi) is 7.90. The highest BCUT2D eigenvalue weighted by atomic mass is 32.2. The molecular formula is C24H25FNO5PS. The second-order valence-electron chi connectivity index (χ2n) is 7.92. The van der Waals surface area contributed by atoms with Crippen LogP contribution < -0.4 is 5.73 Å². The average Bonchev–Trinajstić information content (AvgIpc) is 2.78. The van der Waals surface area contributed by atoms with Crippen LogP contribution >= 0.6 is 19.4 Å². The molecule has 0 aromatic heterocycles. The second kappa shape index (κ2) is 10.3. The van der Waals surface area contributed by atoms with Gasteiger partial charge in [-0.25, -0.2) is 4.39 Å². The Balaban J connectivity index is 1.70. The fourth-order valence-corrected chi connectivity index (χ4v) is 4.90. The maximum Gasteiger partial charge on any atom is 0.393 e. The number of carbonyl (C=O) groups excluding carboxylic acids is 1. The lowest BCUT2D eigenvalue weighted by Crippen LogP contribution is -2.51. The zero-order valence-corrected chi connectivity index (χ0v) is 19.7. The predicted octanol–water partition coefficient (Wildman–Crippen LogP) is 4.28. The monoisotopic (exact) mass is 489 g/mol. The smallest absolute Gasteiger partial charge is 0.393 e. The summed E-state index contributed by atoms with van der Waals surface area (Å²) in [6, 6.07) is 20.0. The van der Waals surface area contributed by atoms with E-state index in [4.69, 9.17) is 15.5 Å². The molecule has 0 heterocycles. The molecule has 0 bridgehead atoms. The fraction of sp³-hybridized carbons (Fsp3) is 0.208. The van der Waals surface area contributed by atoms with Crippen LogP contribution in [0.2, 0.25) is 0 Å². The van der Waals surface area contributed by atoms with E-state index in [1.807, 2.05) is 37.3 Å². The van der Waals surface area contributed by atoms with E-state index in [1.165, 1.54) is 17.8 Å². The lowest BCUT2D eigenvalue weighted by molar-refractivity contribution is -0.119. The molecule has 5 N–H and O–H groups in total. The Labute approximate surface area is 195 Å². The number of hydrogen-bond donors (Lipinski definition) is 4. The van der Waals surface area contributed by atoms with Crippen LogP contribution in [0.1, 0.15) is 17.5 Å². The molecule has 0 saturated carbocycles. The summed E-state index contributed by atoms with van der Waals surface area (Å²) in [6.45, 7) is 1.13. The molecule has 0 saturated heterocycles. The van der Waals surface area contributed by atoms with Crippen molar-refractivity contribution in [1.82, 2.24) is 0 Å². The van der Waals surface area contributed by atoms with Crippen LogP contribution in [-0.4, -0.2) is 32.6 Å². The van der Waals surface area contributed by atoms with E-state index in [9.17, 15) is 18.9 Å². The number of aliphatic hydroxyl groups is 1. The number of aliphatic hydroxyl groups excluding tert-OH is 1. The normalized spacial score (nSPS) is 13.5. The molecule has 1 unspecified atom stereocenters. The molecule has 174 valence electrons. The van der Waals surface area contributed by atoms with Crippen molar-refractivity contribution in [2.75, 3.05) is 6.61 Å². The highest BCUT2D eigenvalue weighted by Gasteiger charge is 2.43. The summed E-state index contributed by atoms with van der Waals surface area (Å²) in [6.07, 6.45) is 0.0593. The quantitative estimate of drug-likeness (QED) is 0.331. The van der Waals surface area contributed by atoms with Gasteiger partial charge in [0.15, 0.2) is 0 Å². The first-order valence-electron chi connectivity index (χ1n) is 10.2. The van der Waals surface area contributed by atoms with E-state index >= 15 is 0 Å². The van der Waals surface area contributed by atoms with Crippen molar-refractivity contribution in [3.8, 4) is 11.1 Å². The van der Waals surface area contributed by atoms with Crippen molar-refractivity contribution in [3.63, 3.8) is 0 Å². The van der Waals surface area contributed by atoms with Gasteiger partial charge in [0.05, 0.1) is 6.61 Å². The molecule has 3 aromatic rings. The first-order chi connectivity index (χ1) is 15.5. The van der Waals surface area contributed by atoms with E-state index in [1.54, 1.807) is 30.3 Å². The van der Waals surface area contributed by atoms with Crippen LogP contribution in [0.4, 0.5) is 4.39 Å². The van der Waals surface area contributed by atoms with Gasteiger partial charge in [0.2, 0.25) is 0 Å². The molecule has 0 aliphatic rings. The zero-order chi connectivity index (χ0) is 24.2. The highest BCUT2D eigenvalue weighted by molar-refractivity contribution is 7.99. The van der Waals surface area contributed by atoms with Crippen LogP contribution in [0, 0.1) is 12.7 Å². The molecule has 0 radical (unpaired) electrons. The minimum atomic E-state index is -5.07. The minimum Gasteiger partial charge on any atom is -0.394 e. The highest BCUT2D eigenvalue weighted by Crippen LogP contribution is 2.40. The van der Waals surface area contributed by atoms with Gasteiger partial charge in [-0.3, -0.25) is 9.36 Å². The third-order valence-corrected chi connectivity index (χ3v) is 7.27. The number of aryl methyl sites for hydroxylation is 2. The number of hydrogen-bond acceptors (Lipinski definition) is 5. The SMILES string of the molecule is Cc1ccc(Sc2ccc(-c3ccc(CCC(N)(CO)C(=O)P(=O)(O)O)cc3)c(F)c2)cc1. The number of benzene rings is 3. The molecule has 1 atom stereocenters. The van der Waals surface area contributed by atoms with Gasteiger partial charge < -0.3 is 20.6 Å². The van der Waals surface area contributed by atoms with E-state index in [0.29, 0.717) is 11.1 Å². The topological polar surface area (TPSA) is 121 Å². The van der Waals surface area contributed by atoms with Crippen molar-refractivity contribution in [2.24, 2.45) is 5.73 Å². The molecule has 9 heteroatoms. The van der Waals surface area contributed by atoms with Gasteiger partial charge in [-0.1, -0.05) is 59.8 Å². The zero-order valence-electron chi connectivity index (χ0n) is 17.9. The molecule has 0 aliphatic heterocycles. The second-order valence-corrected chi connectivity index (χ2v) is 10.6. The van der Waals surface area contributed by atoms with Gasteiger partial charge >= 0.3 is 7.60 Å². The summed E-state index contributed by atoms with van der Waals surface area (Å²) in [5, 5.41) is 9.42. The number of nitrogens with two attached hydrogens (primary N) is 1. The summed E-state index contributed by atoms with van der Waals surface area (Å²) in [5.41, 5.74) is 5.22. The minimum absolute atomic E-state index is 0.147. The first kappa shape index (κ1) is 25.3. The largest absolute Gasteiger partial charge is 0.394 e. The van der Waals surface area contributed by atoms with Crippen molar-refractivity contribution < 1.29 is 28.6 Å². The Hall–Kier alpha value is -2.32. The Morgan fingerprint density at radius 3 is 2.18 bits per heavy atom. The van der Waals surface area contributed by atoms with Gasteiger partial charge in [0, 0.05) is 15.4 Å². The van der Waals surface area contributed by atoms with Crippen molar-refractivity contribution in [1.29, 1.82) is 0 Å². The van der Waals surface area contributed by atoms with E-state index < -0.39 is 25.3 Å². The van der Waals surface area contributed by atoms with Crippen LogP contribution in [0.3, 0.4) is 0 Å². The van der Waals surface area contributed by atoms with Crippen LogP contribution in [0.15, 0.2) is 76.5 Å². The van der Waals surface area contributed by atoms with E-state index in [-0.39, 0.29) is 18.7 Å². The van der Waals surface area contributed by atoms with Gasteiger partial charge in [-0.05, 0) is 55.2 Å². The molecular weight excluding hydrogens is 464 g/mol. The van der Waals surface area contributed by atoms with Gasteiger partial charge in [-0.2, -0.15) is 0 Å².